The Hall–Kier alpha value is -2.76. The maximum Gasteiger partial charge on any atom is 0.271 e. The number of amides is 1. The molecule has 3 aromatic rings. The van der Waals surface area contributed by atoms with Crippen LogP contribution in [0, 0.1) is 0 Å². The standard InChI is InChI=1S/C22H19Cl2N3O2/c23-16-5-9-19(20(24)13-16)21-10-8-18(29-21)14-25-26-22(28)15-3-6-17(7-4-15)27-11-1-2-12-27/h3-10,13-14H,1-2,11-12H2,(H,26,28)/b25-14+. The van der Waals surface area contributed by atoms with E-state index in [-0.39, 0.29) is 5.91 Å². The van der Waals surface area contributed by atoms with Gasteiger partial charge in [0, 0.05) is 34.9 Å². The number of nitrogens with one attached hydrogen (secondary N) is 1. The number of furan rings is 1. The van der Waals surface area contributed by atoms with Gasteiger partial charge in [0.05, 0.1) is 11.2 Å². The van der Waals surface area contributed by atoms with Crippen LogP contribution in [-0.4, -0.2) is 25.2 Å². The lowest BCUT2D eigenvalue weighted by Crippen LogP contribution is -2.19. The fourth-order valence-corrected chi connectivity index (χ4v) is 3.78. The number of benzene rings is 2. The van der Waals surface area contributed by atoms with E-state index >= 15 is 0 Å². The first kappa shape index (κ1) is 19.6. The second-order valence-corrected chi connectivity index (χ2v) is 7.61. The van der Waals surface area contributed by atoms with Crippen LogP contribution in [-0.2, 0) is 0 Å². The predicted molar refractivity (Wildman–Crippen MR) is 117 cm³/mol. The van der Waals surface area contributed by atoms with Crippen LogP contribution >= 0.6 is 23.2 Å². The summed E-state index contributed by atoms with van der Waals surface area (Å²) in [4.78, 5) is 14.6. The smallest absolute Gasteiger partial charge is 0.271 e. The van der Waals surface area contributed by atoms with Crippen molar-refractivity contribution in [3.63, 3.8) is 0 Å². The van der Waals surface area contributed by atoms with Crippen molar-refractivity contribution in [1.29, 1.82) is 0 Å². The summed E-state index contributed by atoms with van der Waals surface area (Å²) in [6.07, 6.45) is 3.88. The van der Waals surface area contributed by atoms with Gasteiger partial charge in [0.25, 0.3) is 5.91 Å². The van der Waals surface area contributed by atoms with E-state index in [0.29, 0.717) is 27.1 Å². The fraction of sp³-hybridized carbons (Fsp3) is 0.182. The highest BCUT2D eigenvalue weighted by atomic mass is 35.5. The summed E-state index contributed by atoms with van der Waals surface area (Å²) in [7, 11) is 0. The quantitative estimate of drug-likeness (QED) is 0.424. The number of halogens is 2. The molecule has 0 radical (unpaired) electrons. The molecule has 1 amide bonds. The van der Waals surface area contributed by atoms with E-state index in [1.54, 1.807) is 30.3 Å². The molecule has 0 unspecified atom stereocenters. The summed E-state index contributed by atoms with van der Waals surface area (Å²) in [6.45, 7) is 2.14. The van der Waals surface area contributed by atoms with E-state index in [4.69, 9.17) is 27.6 Å². The highest BCUT2D eigenvalue weighted by molar-refractivity contribution is 6.36. The van der Waals surface area contributed by atoms with Crippen LogP contribution < -0.4 is 10.3 Å². The Morgan fingerprint density at radius 3 is 2.52 bits per heavy atom. The molecule has 7 heteroatoms. The van der Waals surface area contributed by atoms with Crippen molar-refractivity contribution in [2.45, 2.75) is 12.8 Å². The van der Waals surface area contributed by atoms with Gasteiger partial charge in [-0.1, -0.05) is 23.2 Å². The van der Waals surface area contributed by atoms with Crippen molar-refractivity contribution < 1.29 is 9.21 Å². The molecule has 4 rings (SSSR count). The van der Waals surface area contributed by atoms with Gasteiger partial charge in [0.15, 0.2) is 0 Å². The molecule has 0 bridgehead atoms. The van der Waals surface area contributed by atoms with Gasteiger partial charge in [-0.3, -0.25) is 4.79 Å². The summed E-state index contributed by atoms with van der Waals surface area (Å²) < 4.78 is 5.72. The highest BCUT2D eigenvalue weighted by Crippen LogP contribution is 2.31. The first-order valence-electron chi connectivity index (χ1n) is 9.34. The fourth-order valence-electron chi connectivity index (χ4n) is 3.27. The third-order valence-electron chi connectivity index (χ3n) is 4.78. The molecule has 1 aromatic heterocycles. The molecule has 2 aromatic carbocycles. The first-order valence-corrected chi connectivity index (χ1v) is 10.1. The summed E-state index contributed by atoms with van der Waals surface area (Å²) in [6, 6.07) is 16.3. The monoisotopic (exact) mass is 427 g/mol. The van der Waals surface area contributed by atoms with Crippen LogP contribution in [0.2, 0.25) is 10.0 Å². The summed E-state index contributed by atoms with van der Waals surface area (Å²) in [5.41, 5.74) is 4.95. The molecule has 1 saturated heterocycles. The minimum Gasteiger partial charge on any atom is -0.455 e. The third kappa shape index (κ3) is 4.63. The molecule has 0 aliphatic carbocycles. The number of hydrazone groups is 1. The van der Waals surface area contributed by atoms with Crippen LogP contribution in [0.25, 0.3) is 11.3 Å². The lowest BCUT2D eigenvalue weighted by Gasteiger charge is -2.17. The number of rotatable bonds is 5. The zero-order valence-electron chi connectivity index (χ0n) is 15.6. The molecular formula is C22H19Cl2N3O2. The van der Waals surface area contributed by atoms with Gasteiger partial charge < -0.3 is 9.32 Å². The van der Waals surface area contributed by atoms with Gasteiger partial charge >= 0.3 is 0 Å². The minimum absolute atomic E-state index is 0.276. The molecule has 0 atom stereocenters. The minimum atomic E-state index is -0.276. The molecule has 0 saturated carbocycles. The Bertz CT molecular complexity index is 1040. The molecule has 2 heterocycles. The van der Waals surface area contributed by atoms with Crippen LogP contribution in [0.15, 0.2) is 64.1 Å². The summed E-state index contributed by atoms with van der Waals surface area (Å²) >= 11 is 12.1. The number of hydrogen-bond donors (Lipinski definition) is 1. The Kier molecular flexibility index (Phi) is 5.88. The molecule has 1 N–H and O–H groups in total. The van der Waals surface area contributed by atoms with E-state index in [2.05, 4.69) is 15.4 Å². The average molecular weight is 428 g/mol. The van der Waals surface area contributed by atoms with E-state index in [1.807, 2.05) is 24.3 Å². The second kappa shape index (κ2) is 8.72. The Labute approximate surface area is 178 Å². The molecular weight excluding hydrogens is 409 g/mol. The van der Waals surface area contributed by atoms with Crippen molar-refractivity contribution >= 4 is 41.0 Å². The second-order valence-electron chi connectivity index (χ2n) is 6.77. The normalized spacial score (nSPS) is 13.9. The van der Waals surface area contributed by atoms with Crippen molar-refractivity contribution in [2.75, 3.05) is 18.0 Å². The molecule has 0 spiro atoms. The maximum absolute atomic E-state index is 12.3. The Balaban J connectivity index is 1.37. The Morgan fingerprint density at radius 1 is 1.03 bits per heavy atom. The number of hydrogen-bond acceptors (Lipinski definition) is 4. The maximum atomic E-state index is 12.3. The average Bonchev–Trinajstić information content (AvgIpc) is 3.40. The molecule has 148 valence electrons. The third-order valence-corrected chi connectivity index (χ3v) is 5.33. The zero-order chi connectivity index (χ0) is 20.2. The van der Waals surface area contributed by atoms with Crippen LogP contribution in [0.1, 0.15) is 29.0 Å². The lowest BCUT2D eigenvalue weighted by molar-refractivity contribution is 0.0955. The van der Waals surface area contributed by atoms with E-state index in [9.17, 15) is 4.79 Å². The first-order chi connectivity index (χ1) is 14.1. The van der Waals surface area contributed by atoms with Gasteiger partial charge in [-0.25, -0.2) is 5.43 Å². The van der Waals surface area contributed by atoms with E-state index in [0.717, 1.165) is 24.3 Å². The topological polar surface area (TPSA) is 57.8 Å². The van der Waals surface area contributed by atoms with Crippen molar-refractivity contribution in [2.24, 2.45) is 5.10 Å². The van der Waals surface area contributed by atoms with Crippen LogP contribution in [0.5, 0.6) is 0 Å². The summed E-state index contributed by atoms with van der Waals surface area (Å²) in [5.74, 6) is 0.814. The van der Waals surface area contributed by atoms with E-state index < -0.39 is 0 Å². The van der Waals surface area contributed by atoms with Gasteiger partial charge in [-0.15, -0.1) is 0 Å². The number of carbonyl (C=O) groups is 1. The lowest BCUT2D eigenvalue weighted by atomic mass is 10.2. The summed E-state index contributed by atoms with van der Waals surface area (Å²) in [5, 5.41) is 5.04. The highest BCUT2D eigenvalue weighted by Gasteiger charge is 2.13. The van der Waals surface area contributed by atoms with Crippen molar-refractivity contribution in [3.05, 3.63) is 76.0 Å². The molecule has 1 aliphatic heterocycles. The number of carbonyl (C=O) groups excluding carboxylic acids is 1. The zero-order valence-corrected chi connectivity index (χ0v) is 17.1. The molecule has 5 nitrogen and oxygen atoms in total. The number of anilines is 1. The van der Waals surface area contributed by atoms with Gasteiger partial charge in [-0.2, -0.15) is 5.10 Å². The van der Waals surface area contributed by atoms with Crippen molar-refractivity contribution in [1.82, 2.24) is 5.43 Å². The van der Waals surface area contributed by atoms with Gasteiger partial charge in [0.1, 0.15) is 11.5 Å². The SMILES string of the molecule is O=C(N/N=C/c1ccc(-c2ccc(Cl)cc2Cl)o1)c1ccc(N2CCCC2)cc1. The van der Waals surface area contributed by atoms with Crippen LogP contribution in [0.3, 0.4) is 0 Å². The van der Waals surface area contributed by atoms with Crippen molar-refractivity contribution in [3.8, 4) is 11.3 Å². The number of nitrogens with zero attached hydrogens (tertiary/aromatic N) is 2. The largest absolute Gasteiger partial charge is 0.455 e. The van der Waals surface area contributed by atoms with Crippen LogP contribution in [0.4, 0.5) is 5.69 Å². The predicted octanol–water partition coefficient (Wildman–Crippen LogP) is 5.62. The van der Waals surface area contributed by atoms with Gasteiger partial charge in [-0.05, 0) is 67.4 Å². The molecule has 29 heavy (non-hydrogen) atoms. The Morgan fingerprint density at radius 2 is 1.79 bits per heavy atom. The molecule has 1 aliphatic rings. The van der Waals surface area contributed by atoms with E-state index in [1.165, 1.54) is 19.1 Å². The molecule has 1 fully saturated rings. The van der Waals surface area contributed by atoms with Gasteiger partial charge in [0.2, 0.25) is 0 Å².